The number of carbonyl (C=O) groups excluding carboxylic acids is 2. The van der Waals surface area contributed by atoms with Crippen LogP contribution in [-0.4, -0.2) is 66.1 Å². The Morgan fingerprint density at radius 3 is 2.74 bits per heavy atom. The Kier molecular flexibility index (Phi) is 7.56. The zero-order valence-electron chi connectivity index (χ0n) is 21.6. The summed E-state index contributed by atoms with van der Waals surface area (Å²) in [4.78, 5) is 35.7. The summed E-state index contributed by atoms with van der Waals surface area (Å²) in [6.45, 7) is 0.119. The number of para-hydroxylation sites is 1. The number of nitrogens with zero attached hydrogens (tertiary/aromatic N) is 2. The molecular formula is C29H29ClN4O5. The number of pyridine rings is 1. The Balaban J connectivity index is 1.55. The lowest BCUT2D eigenvalue weighted by molar-refractivity contribution is -0.117. The molecule has 0 amide bonds. The van der Waals surface area contributed by atoms with Crippen LogP contribution >= 0.6 is 11.6 Å². The van der Waals surface area contributed by atoms with Gasteiger partial charge in [-0.1, -0.05) is 29.8 Å². The Morgan fingerprint density at radius 2 is 2.05 bits per heavy atom. The lowest BCUT2D eigenvalue weighted by Crippen LogP contribution is -2.49. The molecule has 3 heterocycles. The van der Waals surface area contributed by atoms with Gasteiger partial charge in [-0.3, -0.25) is 4.79 Å². The van der Waals surface area contributed by atoms with Crippen molar-refractivity contribution in [2.45, 2.75) is 24.5 Å². The third-order valence-electron chi connectivity index (χ3n) is 6.87. The quantitative estimate of drug-likeness (QED) is 0.201. The molecule has 5 rings (SSSR count). The highest BCUT2D eigenvalue weighted by atomic mass is 35.5. The van der Waals surface area contributed by atoms with E-state index >= 15 is 0 Å². The van der Waals surface area contributed by atoms with Crippen molar-refractivity contribution in [2.24, 2.45) is 0 Å². The topological polar surface area (TPSA) is 117 Å². The van der Waals surface area contributed by atoms with E-state index in [9.17, 15) is 14.7 Å². The molecule has 1 aliphatic heterocycles. The summed E-state index contributed by atoms with van der Waals surface area (Å²) in [6, 6.07) is 14.2. The molecule has 1 fully saturated rings. The van der Waals surface area contributed by atoms with Crippen LogP contribution in [0.3, 0.4) is 0 Å². The Morgan fingerprint density at radius 1 is 1.26 bits per heavy atom. The maximum Gasteiger partial charge on any atom is 0.196 e. The van der Waals surface area contributed by atoms with E-state index in [-0.39, 0.29) is 23.8 Å². The Labute approximate surface area is 230 Å². The van der Waals surface area contributed by atoms with Crippen LogP contribution in [0.2, 0.25) is 5.02 Å². The van der Waals surface area contributed by atoms with Crippen molar-refractivity contribution in [3.05, 3.63) is 77.1 Å². The third kappa shape index (κ3) is 5.34. The minimum atomic E-state index is -0.990. The van der Waals surface area contributed by atoms with E-state index in [0.29, 0.717) is 58.1 Å². The zero-order chi connectivity index (χ0) is 27.6. The van der Waals surface area contributed by atoms with Crippen LogP contribution in [0.5, 0.6) is 11.5 Å². The van der Waals surface area contributed by atoms with Gasteiger partial charge in [0.05, 0.1) is 51.8 Å². The van der Waals surface area contributed by atoms with Crippen molar-refractivity contribution in [3.8, 4) is 11.5 Å². The molecule has 1 aliphatic rings. The molecule has 0 radical (unpaired) electrons. The number of aromatic nitrogens is 2. The van der Waals surface area contributed by atoms with Crippen LogP contribution < -0.4 is 15.0 Å². The minimum absolute atomic E-state index is 0.195. The van der Waals surface area contributed by atoms with Gasteiger partial charge in [-0.2, -0.15) is 0 Å². The summed E-state index contributed by atoms with van der Waals surface area (Å²) in [7, 11) is 3.72. The lowest BCUT2D eigenvalue weighted by Gasteiger charge is -2.38. The van der Waals surface area contributed by atoms with Gasteiger partial charge in [0, 0.05) is 51.4 Å². The van der Waals surface area contributed by atoms with E-state index in [1.807, 2.05) is 49.3 Å². The molecule has 0 saturated carbocycles. The number of aliphatic hydroxyl groups excluding tert-OH is 1. The first kappa shape index (κ1) is 26.7. The number of anilines is 2. The Hall–Kier alpha value is -3.92. The molecule has 4 aromatic rings. The number of hydrogen-bond acceptors (Lipinski definition) is 8. The second-order valence-corrected chi connectivity index (χ2v) is 10.2. The van der Waals surface area contributed by atoms with Crippen molar-refractivity contribution >= 4 is 46.1 Å². The van der Waals surface area contributed by atoms with E-state index in [2.05, 4.69) is 15.3 Å². The number of rotatable bonds is 9. The first-order valence-corrected chi connectivity index (χ1v) is 12.9. The summed E-state index contributed by atoms with van der Waals surface area (Å²) >= 11 is 6.58. The van der Waals surface area contributed by atoms with Gasteiger partial charge in [0.25, 0.3) is 0 Å². The summed E-state index contributed by atoms with van der Waals surface area (Å²) < 4.78 is 11.4. The predicted molar refractivity (Wildman–Crippen MR) is 150 cm³/mol. The maximum atomic E-state index is 13.8. The van der Waals surface area contributed by atoms with Crippen LogP contribution in [0.15, 0.2) is 60.9 Å². The number of halogens is 1. The molecule has 202 valence electrons. The molecule has 2 aromatic heterocycles. The highest BCUT2D eigenvalue weighted by Gasteiger charge is 2.38. The van der Waals surface area contributed by atoms with Gasteiger partial charge in [0.1, 0.15) is 23.4 Å². The van der Waals surface area contributed by atoms with Crippen LogP contribution in [-0.2, 0) is 9.53 Å². The van der Waals surface area contributed by atoms with Crippen LogP contribution in [0.4, 0.5) is 11.4 Å². The van der Waals surface area contributed by atoms with Gasteiger partial charge in [-0.05, 0) is 24.3 Å². The zero-order valence-corrected chi connectivity index (χ0v) is 22.4. The molecule has 10 heteroatoms. The molecule has 1 saturated heterocycles. The number of benzene rings is 2. The number of H-pyrrole nitrogens is 1. The number of fused-ring (bicyclic) bond motifs is 1. The van der Waals surface area contributed by atoms with Gasteiger partial charge in [-0.25, -0.2) is 4.98 Å². The van der Waals surface area contributed by atoms with Crippen molar-refractivity contribution < 1.29 is 24.2 Å². The summed E-state index contributed by atoms with van der Waals surface area (Å²) in [5.41, 5.74) is 1.43. The molecule has 0 aliphatic carbocycles. The monoisotopic (exact) mass is 548 g/mol. The van der Waals surface area contributed by atoms with Crippen molar-refractivity contribution in [2.75, 3.05) is 37.5 Å². The smallest absolute Gasteiger partial charge is 0.196 e. The molecule has 2 aromatic carbocycles. The highest BCUT2D eigenvalue weighted by Crippen LogP contribution is 2.39. The second kappa shape index (κ2) is 11.1. The second-order valence-electron chi connectivity index (χ2n) is 9.75. The van der Waals surface area contributed by atoms with Gasteiger partial charge >= 0.3 is 0 Å². The van der Waals surface area contributed by atoms with E-state index < -0.39 is 11.6 Å². The fraction of sp³-hybridized carbons (Fsp3) is 0.276. The number of carbonyl (C=O) groups is 2. The molecule has 3 N–H and O–H groups in total. The third-order valence-corrected chi connectivity index (χ3v) is 7.18. The molecule has 2 atom stereocenters. The molecule has 0 bridgehead atoms. The number of nitrogens with one attached hydrogen (secondary N) is 2. The predicted octanol–water partition coefficient (Wildman–Crippen LogP) is 4.83. The molecular weight excluding hydrogens is 520 g/mol. The lowest BCUT2D eigenvalue weighted by atomic mass is 9.87. The largest absolute Gasteiger partial charge is 0.457 e. The van der Waals surface area contributed by atoms with Crippen LogP contribution in [0.1, 0.15) is 28.8 Å². The van der Waals surface area contributed by atoms with Crippen LogP contribution in [0, 0.1) is 0 Å². The summed E-state index contributed by atoms with van der Waals surface area (Å²) in [5, 5.41) is 13.9. The maximum absolute atomic E-state index is 13.8. The number of hydrogen-bond donors (Lipinski definition) is 3. The average molecular weight is 549 g/mol. The summed E-state index contributed by atoms with van der Waals surface area (Å²) in [5.74, 6) is 0.855. The normalized spacial score (nSPS) is 19.0. The number of ketones is 1. The van der Waals surface area contributed by atoms with Gasteiger partial charge in [0.2, 0.25) is 0 Å². The first-order chi connectivity index (χ1) is 18.8. The van der Waals surface area contributed by atoms with Gasteiger partial charge < -0.3 is 34.6 Å². The fourth-order valence-electron chi connectivity index (χ4n) is 4.83. The highest BCUT2D eigenvalue weighted by molar-refractivity contribution is 6.36. The average Bonchev–Trinajstić information content (AvgIpc) is 3.38. The molecule has 39 heavy (non-hydrogen) atoms. The summed E-state index contributed by atoms with van der Waals surface area (Å²) in [6.07, 6.45) is 4.36. The van der Waals surface area contributed by atoms with Gasteiger partial charge in [0.15, 0.2) is 5.78 Å². The van der Waals surface area contributed by atoms with E-state index in [0.717, 1.165) is 6.29 Å². The van der Waals surface area contributed by atoms with Crippen molar-refractivity contribution in [1.29, 1.82) is 0 Å². The van der Waals surface area contributed by atoms with Crippen LogP contribution in [0.25, 0.3) is 11.0 Å². The van der Waals surface area contributed by atoms with E-state index in [1.165, 1.54) is 0 Å². The number of aliphatic hydroxyl groups is 1. The SMILES string of the molecule is CN(C)c1cnc2[nH]cc(C(=O)c3ccc(Oc4ccccc4)cc3Cl)c2c1NC1(C=O)CCOC(CO)C1. The number of aldehydes is 1. The fourth-order valence-corrected chi connectivity index (χ4v) is 5.09. The first-order valence-electron chi connectivity index (χ1n) is 12.6. The molecule has 9 nitrogen and oxygen atoms in total. The number of aromatic amines is 1. The standard InChI is InChI=1S/C29H29ClN4O5/c1-34(2)24-15-32-28-25(26(24)33-29(17-36)10-11-38-20(13-29)16-35)22(14-31-28)27(37)21-9-8-19(12-23(21)30)39-18-6-4-3-5-7-18/h3-9,12,14-15,17,20,35H,10-11,13,16H2,1-2H3,(H2,31,32,33). The Bertz CT molecular complexity index is 1510. The molecule has 2 unspecified atom stereocenters. The van der Waals surface area contributed by atoms with E-state index in [4.69, 9.17) is 21.1 Å². The van der Waals surface area contributed by atoms with Crippen molar-refractivity contribution in [3.63, 3.8) is 0 Å². The van der Waals surface area contributed by atoms with Gasteiger partial charge in [-0.15, -0.1) is 0 Å². The van der Waals surface area contributed by atoms with E-state index in [1.54, 1.807) is 30.6 Å². The number of ether oxygens (including phenoxy) is 2. The molecule has 0 spiro atoms. The minimum Gasteiger partial charge on any atom is -0.457 e. The van der Waals surface area contributed by atoms with Crippen molar-refractivity contribution in [1.82, 2.24) is 9.97 Å².